The maximum absolute atomic E-state index is 11.5. The maximum Gasteiger partial charge on any atom is 0.234 e. The van der Waals surface area contributed by atoms with Gasteiger partial charge in [0.25, 0.3) is 0 Å². The van der Waals surface area contributed by atoms with Gasteiger partial charge in [0.05, 0.1) is 19.0 Å². The van der Waals surface area contributed by atoms with Crippen molar-refractivity contribution in [1.29, 1.82) is 5.26 Å². The second-order valence-electron chi connectivity index (χ2n) is 4.07. The van der Waals surface area contributed by atoms with Crippen LogP contribution in [0, 0.1) is 11.3 Å². The Morgan fingerprint density at radius 3 is 3.07 bits per heavy atom. The smallest absolute Gasteiger partial charge is 0.234 e. The molecule has 1 aliphatic heterocycles. The lowest BCUT2D eigenvalue weighted by Crippen LogP contribution is -2.44. The summed E-state index contributed by atoms with van der Waals surface area (Å²) < 4.78 is 0. The average molecular weight is 209 g/mol. The van der Waals surface area contributed by atoms with Gasteiger partial charge in [-0.05, 0) is 26.3 Å². The van der Waals surface area contributed by atoms with Gasteiger partial charge in [-0.2, -0.15) is 5.26 Å². The highest BCUT2D eigenvalue weighted by Gasteiger charge is 2.19. The molecular formula is C11H19N3O. The molecule has 0 aromatic rings. The van der Waals surface area contributed by atoms with Crippen molar-refractivity contribution in [2.75, 3.05) is 19.6 Å². The summed E-state index contributed by atoms with van der Waals surface area (Å²) in [4.78, 5) is 13.7. The number of likely N-dealkylation sites (tertiary alicyclic amines) is 1. The zero-order chi connectivity index (χ0) is 11.1. The van der Waals surface area contributed by atoms with Gasteiger partial charge in [-0.1, -0.05) is 6.42 Å². The van der Waals surface area contributed by atoms with Gasteiger partial charge in [-0.15, -0.1) is 0 Å². The van der Waals surface area contributed by atoms with Gasteiger partial charge in [-0.3, -0.25) is 9.69 Å². The first kappa shape index (κ1) is 12.0. The predicted molar refractivity (Wildman–Crippen MR) is 58.1 cm³/mol. The first-order valence-corrected chi connectivity index (χ1v) is 5.61. The Labute approximate surface area is 91.2 Å². The third-order valence-corrected chi connectivity index (χ3v) is 2.85. The van der Waals surface area contributed by atoms with Gasteiger partial charge in [0.1, 0.15) is 0 Å². The van der Waals surface area contributed by atoms with Crippen LogP contribution in [0.25, 0.3) is 0 Å². The van der Waals surface area contributed by atoms with Gasteiger partial charge in [0.15, 0.2) is 0 Å². The van der Waals surface area contributed by atoms with Crippen molar-refractivity contribution in [2.45, 2.75) is 38.6 Å². The number of rotatable bonds is 4. The Hall–Kier alpha value is -1.08. The molecule has 1 unspecified atom stereocenters. The molecule has 0 radical (unpaired) electrons. The monoisotopic (exact) mass is 209 g/mol. The van der Waals surface area contributed by atoms with Crippen LogP contribution >= 0.6 is 0 Å². The Bertz CT molecular complexity index is 247. The molecule has 1 atom stereocenters. The summed E-state index contributed by atoms with van der Waals surface area (Å²) in [6, 6.07) is 2.52. The third-order valence-electron chi connectivity index (χ3n) is 2.85. The highest BCUT2D eigenvalue weighted by molar-refractivity contribution is 5.78. The molecular weight excluding hydrogens is 190 g/mol. The Kier molecular flexibility index (Phi) is 5.13. The van der Waals surface area contributed by atoms with E-state index in [9.17, 15) is 4.79 Å². The lowest BCUT2D eigenvalue weighted by molar-refractivity contribution is -0.123. The summed E-state index contributed by atoms with van der Waals surface area (Å²) in [6.07, 6.45) is 4.04. The van der Waals surface area contributed by atoms with Crippen molar-refractivity contribution in [1.82, 2.24) is 10.2 Å². The summed E-state index contributed by atoms with van der Waals surface area (Å²) in [7, 11) is 0. The molecule has 0 saturated carbocycles. The van der Waals surface area contributed by atoms with E-state index in [2.05, 4.69) is 17.1 Å². The van der Waals surface area contributed by atoms with Gasteiger partial charge >= 0.3 is 0 Å². The second-order valence-corrected chi connectivity index (χ2v) is 4.07. The van der Waals surface area contributed by atoms with Crippen molar-refractivity contribution >= 4 is 5.91 Å². The number of hydrogen-bond donors (Lipinski definition) is 1. The van der Waals surface area contributed by atoms with Gasteiger partial charge in [0.2, 0.25) is 5.91 Å². The fourth-order valence-corrected chi connectivity index (χ4v) is 1.89. The van der Waals surface area contributed by atoms with Crippen molar-refractivity contribution in [3.63, 3.8) is 0 Å². The Morgan fingerprint density at radius 1 is 1.60 bits per heavy atom. The predicted octanol–water partition coefficient (Wildman–Crippen LogP) is 0.891. The molecule has 1 saturated heterocycles. The molecule has 1 fully saturated rings. The van der Waals surface area contributed by atoms with Crippen LogP contribution in [-0.4, -0.2) is 36.5 Å². The molecule has 1 rings (SSSR count). The standard InChI is InChI=1S/C11H19N3O/c1-10-5-2-3-8-14(10)9-11(15)13-7-4-6-12/h10H,2-5,7-9H2,1H3,(H,13,15). The van der Waals surface area contributed by atoms with Gasteiger partial charge in [0, 0.05) is 12.6 Å². The van der Waals surface area contributed by atoms with Crippen LogP contribution in [0.4, 0.5) is 0 Å². The number of hydrogen-bond acceptors (Lipinski definition) is 3. The van der Waals surface area contributed by atoms with E-state index in [1.165, 1.54) is 19.3 Å². The van der Waals surface area contributed by atoms with E-state index in [0.29, 0.717) is 25.6 Å². The van der Waals surface area contributed by atoms with Crippen LogP contribution in [0.3, 0.4) is 0 Å². The van der Waals surface area contributed by atoms with Crippen LogP contribution < -0.4 is 5.32 Å². The van der Waals surface area contributed by atoms with E-state index < -0.39 is 0 Å². The van der Waals surface area contributed by atoms with E-state index in [4.69, 9.17) is 5.26 Å². The first-order chi connectivity index (χ1) is 7.24. The minimum atomic E-state index is 0.0407. The normalized spacial score (nSPS) is 22.0. The molecule has 0 aliphatic carbocycles. The van der Waals surface area contributed by atoms with Crippen LogP contribution in [-0.2, 0) is 4.79 Å². The maximum atomic E-state index is 11.5. The minimum Gasteiger partial charge on any atom is -0.354 e. The lowest BCUT2D eigenvalue weighted by Gasteiger charge is -2.32. The summed E-state index contributed by atoms with van der Waals surface area (Å²) in [5.41, 5.74) is 0. The fourth-order valence-electron chi connectivity index (χ4n) is 1.89. The highest BCUT2D eigenvalue weighted by atomic mass is 16.2. The highest BCUT2D eigenvalue weighted by Crippen LogP contribution is 2.15. The van der Waals surface area contributed by atoms with Gasteiger partial charge in [-0.25, -0.2) is 0 Å². The first-order valence-electron chi connectivity index (χ1n) is 5.61. The fraction of sp³-hybridized carbons (Fsp3) is 0.818. The molecule has 4 heteroatoms. The van der Waals surface area contributed by atoms with E-state index in [-0.39, 0.29) is 5.91 Å². The summed E-state index contributed by atoms with van der Waals surface area (Å²) in [5, 5.41) is 11.1. The van der Waals surface area contributed by atoms with Crippen LogP contribution in [0.2, 0.25) is 0 Å². The van der Waals surface area contributed by atoms with Crippen molar-refractivity contribution < 1.29 is 4.79 Å². The zero-order valence-corrected chi connectivity index (χ0v) is 9.33. The van der Waals surface area contributed by atoms with Crippen LogP contribution in [0.15, 0.2) is 0 Å². The molecule has 1 aliphatic rings. The summed E-state index contributed by atoms with van der Waals surface area (Å²) >= 11 is 0. The lowest BCUT2D eigenvalue weighted by atomic mass is 10.0. The van der Waals surface area contributed by atoms with Gasteiger partial charge < -0.3 is 5.32 Å². The third kappa shape index (κ3) is 4.30. The topological polar surface area (TPSA) is 56.1 Å². The number of piperidine rings is 1. The van der Waals surface area contributed by atoms with E-state index in [1.54, 1.807) is 0 Å². The van der Waals surface area contributed by atoms with Crippen LogP contribution in [0.1, 0.15) is 32.6 Å². The largest absolute Gasteiger partial charge is 0.354 e. The quantitative estimate of drug-likeness (QED) is 0.700. The van der Waals surface area contributed by atoms with E-state index >= 15 is 0 Å². The molecule has 0 spiro atoms. The number of nitrogens with zero attached hydrogens (tertiary/aromatic N) is 2. The minimum absolute atomic E-state index is 0.0407. The number of nitriles is 1. The number of amides is 1. The average Bonchev–Trinajstić information content (AvgIpc) is 2.22. The van der Waals surface area contributed by atoms with Crippen molar-refractivity contribution in [3.05, 3.63) is 0 Å². The SMILES string of the molecule is CC1CCCCN1CC(=O)NCCC#N. The van der Waals surface area contributed by atoms with Crippen molar-refractivity contribution in [3.8, 4) is 6.07 Å². The number of nitrogens with one attached hydrogen (secondary N) is 1. The molecule has 15 heavy (non-hydrogen) atoms. The summed E-state index contributed by atoms with van der Waals surface area (Å²) in [5.74, 6) is 0.0407. The molecule has 0 aromatic carbocycles. The molecule has 1 amide bonds. The Balaban J connectivity index is 2.21. The molecule has 1 N–H and O–H groups in total. The molecule has 84 valence electrons. The molecule has 1 heterocycles. The van der Waals surface area contributed by atoms with Crippen LogP contribution in [0.5, 0.6) is 0 Å². The zero-order valence-electron chi connectivity index (χ0n) is 9.33. The number of carbonyl (C=O) groups excluding carboxylic acids is 1. The molecule has 4 nitrogen and oxygen atoms in total. The van der Waals surface area contributed by atoms with E-state index in [0.717, 1.165) is 6.54 Å². The van der Waals surface area contributed by atoms with Crippen molar-refractivity contribution in [2.24, 2.45) is 0 Å². The number of carbonyl (C=O) groups is 1. The molecule has 0 bridgehead atoms. The summed E-state index contributed by atoms with van der Waals surface area (Å²) in [6.45, 7) is 4.14. The molecule has 0 aromatic heterocycles. The Morgan fingerprint density at radius 2 is 2.40 bits per heavy atom. The second kappa shape index (κ2) is 6.41. The van der Waals surface area contributed by atoms with E-state index in [1.807, 2.05) is 6.07 Å².